The smallest absolute Gasteiger partial charge is 0.298 e. The second kappa shape index (κ2) is 6.11. The van der Waals surface area contributed by atoms with E-state index in [0.717, 1.165) is 22.7 Å². The highest BCUT2D eigenvalue weighted by Crippen LogP contribution is 2.21. The molecule has 0 unspecified atom stereocenters. The van der Waals surface area contributed by atoms with Crippen LogP contribution in [0.25, 0.3) is 22.6 Å². The molecule has 2 aromatic heterocycles. The van der Waals surface area contributed by atoms with E-state index < -0.39 is 0 Å². The summed E-state index contributed by atoms with van der Waals surface area (Å²) < 4.78 is 8.44. The molecule has 124 valence electrons. The van der Waals surface area contributed by atoms with E-state index in [1.54, 1.807) is 34.4 Å². The Hall–Kier alpha value is -3.05. The molecule has 0 amide bonds. The summed E-state index contributed by atoms with van der Waals surface area (Å²) in [5.74, 6) is 0.740. The molecule has 0 fully saturated rings. The Morgan fingerprint density at radius 3 is 2.40 bits per heavy atom. The molecule has 2 aromatic carbocycles. The van der Waals surface area contributed by atoms with Crippen molar-refractivity contribution in [2.45, 2.75) is 0 Å². The van der Waals surface area contributed by atoms with Gasteiger partial charge in [-0.3, -0.25) is 9.36 Å². The second-order valence-corrected chi connectivity index (χ2v) is 5.97. The van der Waals surface area contributed by atoms with Crippen LogP contribution in [0.5, 0.6) is 5.75 Å². The van der Waals surface area contributed by atoms with E-state index in [1.165, 1.54) is 0 Å². The first-order valence-electron chi connectivity index (χ1n) is 7.66. The van der Waals surface area contributed by atoms with Gasteiger partial charge >= 0.3 is 0 Å². The van der Waals surface area contributed by atoms with Crippen LogP contribution in [-0.4, -0.2) is 21.1 Å². The minimum Gasteiger partial charge on any atom is -0.497 e. The van der Waals surface area contributed by atoms with Crippen molar-refractivity contribution in [3.8, 4) is 22.7 Å². The van der Waals surface area contributed by atoms with E-state index in [9.17, 15) is 4.79 Å². The standard InChI is InChI=1S/C19H14ClN3O2/c1-25-16-8-6-15(7-9-16)23-11-10-22-12-17(21-18(22)19(23)24)13-2-4-14(20)5-3-13/h2-12H,1H3. The van der Waals surface area contributed by atoms with Crippen molar-refractivity contribution >= 4 is 17.2 Å². The van der Waals surface area contributed by atoms with Crippen LogP contribution in [-0.2, 0) is 0 Å². The highest BCUT2D eigenvalue weighted by Gasteiger charge is 2.10. The van der Waals surface area contributed by atoms with Gasteiger partial charge in [-0.1, -0.05) is 23.7 Å². The average molecular weight is 352 g/mol. The second-order valence-electron chi connectivity index (χ2n) is 5.54. The largest absolute Gasteiger partial charge is 0.497 e. The lowest BCUT2D eigenvalue weighted by atomic mass is 10.2. The number of halogens is 1. The van der Waals surface area contributed by atoms with Gasteiger partial charge in [0, 0.05) is 34.9 Å². The van der Waals surface area contributed by atoms with Crippen molar-refractivity contribution in [2.24, 2.45) is 0 Å². The summed E-state index contributed by atoms with van der Waals surface area (Å²) in [5.41, 5.74) is 2.56. The van der Waals surface area contributed by atoms with Crippen LogP contribution < -0.4 is 10.3 Å². The molecule has 2 heterocycles. The molecular weight excluding hydrogens is 338 g/mol. The van der Waals surface area contributed by atoms with Gasteiger partial charge in [0.05, 0.1) is 12.8 Å². The molecule has 0 aliphatic rings. The van der Waals surface area contributed by atoms with Gasteiger partial charge in [-0.15, -0.1) is 0 Å². The summed E-state index contributed by atoms with van der Waals surface area (Å²) in [4.78, 5) is 17.3. The average Bonchev–Trinajstić information content (AvgIpc) is 3.08. The molecule has 0 bridgehead atoms. The number of fused-ring (bicyclic) bond motifs is 1. The summed E-state index contributed by atoms with van der Waals surface area (Å²) in [5, 5.41) is 0.661. The third-order valence-electron chi connectivity index (χ3n) is 4.01. The van der Waals surface area contributed by atoms with Crippen LogP contribution in [0.15, 0.2) is 71.9 Å². The number of hydrogen-bond acceptors (Lipinski definition) is 3. The number of rotatable bonds is 3. The molecule has 0 aliphatic heterocycles. The maximum absolute atomic E-state index is 12.8. The van der Waals surface area contributed by atoms with Crippen molar-refractivity contribution in [2.75, 3.05) is 7.11 Å². The van der Waals surface area contributed by atoms with E-state index in [-0.39, 0.29) is 5.56 Å². The fourth-order valence-electron chi connectivity index (χ4n) is 2.69. The van der Waals surface area contributed by atoms with Gasteiger partial charge in [-0.25, -0.2) is 4.98 Å². The molecular formula is C19H14ClN3O2. The van der Waals surface area contributed by atoms with E-state index in [2.05, 4.69) is 4.98 Å². The fourth-order valence-corrected chi connectivity index (χ4v) is 2.81. The summed E-state index contributed by atoms with van der Waals surface area (Å²) in [7, 11) is 1.61. The van der Waals surface area contributed by atoms with Gasteiger partial charge in [0.2, 0.25) is 5.65 Å². The first-order chi connectivity index (χ1) is 12.2. The maximum Gasteiger partial charge on any atom is 0.298 e. The molecule has 0 aliphatic carbocycles. The third kappa shape index (κ3) is 2.79. The van der Waals surface area contributed by atoms with E-state index in [1.807, 2.05) is 48.8 Å². The van der Waals surface area contributed by atoms with Crippen LogP contribution in [0.1, 0.15) is 0 Å². The van der Waals surface area contributed by atoms with E-state index in [0.29, 0.717) is 10.7 Å². The molecule has 4 rings (SSSR count). The number of methoxy groups -OCH3 is 1. The quantitative estimate of drug-likeness (QED) is 0.564. The third-order valence-corrected chi connectivity index (χ3v) is 4.26. The van der Waals surface area contributed by atoms with E-state index in [4.69, 9.17) is 16.3 Å². The minimum absolute atomic E-state index is 0.187. The van der Waals surface area contributed by atoms with Gasteiger partial charge < -0.3 is 9.14 Å². The van der Waals surface area contributed by atoms with Crippen LogP contribution in [0.4, 0.5) is 0 Å². The van der Waals surface area contributed by atoms with Crippen LogP contribution in [0, 0.1) is 0 Å². The topological polar surface area (TPSA) is 48.5 Å². The molecule has 5 nitrogen and oxygen atoms in total. The Balaban J connectivity index is 1.82. The predicted octanol–water partition coefficient (Wildman–Crippen LogP) is 3.81. The lowest BCUT2D eigenvalue weighted by molar-refractivity contribution is 0.414. The Kier molecular flexibility index (Phi) is 3.78. The number of imidazole rings is 1. The highest BCUT2D eigenvalue weighted by atomic mass is 35.5. The van der Waals surface area contributed by atoms with Crippen molar-refractivity contribution in [1.29, 1.82) is 0 Å². The molecule has 0 atom stereocenters. The summed E-state index contributed by atoms with van der Waals surface area (Å²) in [6.07, 6.45) is 5.37. The summed E-state index contributed by atoms with van der Waals surface area (Å²) in [6, 6.07) is 14.7. The SMILES string of the molecule is COc1ccc(-n2ccn3cc(-c4ccc(Cl)cc4)nc3c2=O)cc1. The van der Waals surface area contributed by atoms with Gasteiger partial charge in [0.15, 0.2) is 0 Å². The number of benzene rings is 2. The molecule has 0 radical (unpaired) electrons. The first-order valence-corrected chi connectivity index (χ1v) is 8.04. The maximum atomic E-state index is 12.8. The zero-order chi connectivity index (χ0) is 17.4. The molecule has 6 heteroatoms. The lowest BCUT2D eigenvalue weighted by Crippen LogP contribution is -2.19. The lowest BCUT2D eigenvalue weighted by Gasteiger charge is -2.06. The monoisotopic (exact) mass is 351 g/mol. The molecule has 0 N–H and O–H groups in total. The zero-order valence-electron chi connectivity index (χ0n) is 13.4. The molecule has 0 saturated heterocycles. The first kappa shape index (κ1) is 15.5. The Morgan fingerprint density at radius 2 is 1.72 bits per heavy atom. The summed E-state index contributed by atoms with van der Waals surface area (Å²) >= 11 is 5.93. The van der Waals surface area contributed by atoms with Gasteiger partial charge in [0.25, 0.3) is 5.56 Å². The Morgan fingerprint density at radius 1 is 1.00 bits per heavy atom. The van der Waals surface area contributed by atoms with Crippen LogP contribution >= 0.6 is 11.6 Å². The fraction of sp³-hybridized carbons (Fsp3) is 0.0526. The Labute approximate surface area is 148 Å². The Bertz CT molecular complexity index is 1100. The predicted molar refractivity (Wildman–Crippen MR) is 97.8 cm³/mol. The molecule has 4 aromatic rings. The zero-order valence-corrected chi connectivity index (χ0v) is 14.1. The van der Waals surface area contributed by atoms with Gasteiger partial charge in [-0.2, -0.15) is 0 Å². The number of hydrogen-bond donors (Lipinski definition) is 0. The number of nitrogens with zero attached hydrogens (tertiary/aromatic N) is 3. The highest BCUT2D eigenvalue weighted by molar-refractivity contribution is 6.30. The number of ether oxygens (including phenoxy) is 1. The van der Waals surface area contributed by atoms with Crippen molar-refractivity contribution in [3.05, 3.63) is 82.5 Å². The van der Waals surface area contributed by atoms with Crippen molar-refractivity contribution < 1.29 is 4.74 Å². The van der Waals surface area contributed by atoms with Gasteiger partial charge in [0.1, 0.15) is 5.75 Å². The van der Waals surface area contributed by atoms with Crippen molar-refractivity contribution in [1.82, 2.24) is 14.0 Å². The molecule has 0 spiro atoms. The normalized spacial score (nSPS) is 11.0. The molecule has 0 saturated carbocycles. The van der Waals surface area contributed by atoms with Crippen molar-refractivity contribution in [3.63, 3.8) is 0 Å². The number of aromatic nitrogens is 3. The van der Waals surface area contributed by atoms with Crippen LogP contribution in [0.2, 0.25) is 5.02 Å². The van der Waals surface area contributed by atoms with Crippen LogP contribution in [0.3, 0.4) is 0 Å². The van der Waals surface area contributed by atoms with Gasteiger partial charge in [-0.05, 0) is 36.4 Å². The van der Waals surface area contributed by atoms with E-state index >= 15 is 0 Å². The minimum atomic E-state index is -0.187. The summed E-state index contributed by atoms with van der Waals surface area (Å²) in [6.45, 7) is 0. The molecule has 25 heavy (non-hydrogen) atoms.